The predicted molar refractivity (Wildman–Crippen MR) is 140 cm³/mol. The minimum atomic E-state index is -0.744. The van der Waals surface area contributed by atoms with E-state index in [0.29, 0.717) is 17.9 Å². The standard InChI is InChI=1S/C29H31N3O4/c1-4-5-16-36-24-10-6-9-22(17-24)27(33)25-26(21-11-13-23(14-12-21)31(2)3)32(29(35)28(25)34)19-20-8-7-15-30-18-20/h6-15,17-18,26,33H,4-5,16,19H2,1-3H3. The monoisotopic (exact) mass is 485 g/mol. The zero-order chi connectivity index (χ0) is 25.7. The number of carbonyl (C=O) groups is 2. The van der Waals surface area contributed by atoms with Crippen LogP contribution in [0.5, 0.6) is 5.75 Å². The van der Waals surface area contributed by atoms with E-state index in [-0.39, 0.29) is 17.9 Å². The van der Waals surface area contributed by atoms with Gasteiger partial charge in [0, 0.05) is 44.3 Å². The lowest BCUT2D eigenvalue weighted by atomic mass is 9.95. The zero-order valence-corrected chi connectivity index (χ0v) is 20.8. The zero-order valence-electron chi connectivity index (χ0n) is 20.8. The molecule has 0 bridgehead atoms. The molecule has 1 N–H and O–H groups in total. The smallest absolute Gasteiger partial charge is 0.295 e. The molecule has 1 saturated heterocycles. The molecule has 2 aromatic carbocycles. The number of ether oxygens (including phenoxy) is 1. The molecule has 1 fully saturated rings. The summed E-state index contributed by atoms with van der Waals surface area (Å²) in [5.74, 6) is -0.985. The highest BCUT2D eigenvalue weighted by Crippen LogP contribution is 2.41. The van der Waals surface area contributed by atoms with Gasteiger partial charge in [-0.15, -0.1) is 0 Å². The summed E-state index contributed by atoms with van der Waals surface area (Å²) in [5, 5.41) is 11.4. The van der Waals surface area contributed by atoms with Gasteiger partial charge in [0.15, 0.2) is 0 Å². The summed E-state index contributed by atoms with van der Waals surface area (Å²) in [5.41, 5.74) is 3.01. The Labute approximate surface area is 211 Å². The first-order valence-electron chi connectivity index (χ1n) is 12.1. The molecule has 1 aliphatic rings. The molecular formula is C29H31N3O4. The van der Waals surface area contributed by atoms with E-state index in [2.05, 4.69) is 11.9 Å². The number of anilines is 1. The molecule has 7 heteroatoms. The number of ketones is 1. The van der Waals surface area contributed by atoms with Crippen molar-refractivity contribution in [3.63, 3.8) is 0 Å². The number of unbranched alkanes of at least 4 members (excludes halogenated alkanes) is 1. The van der Waals surface area contributed by atoms with E-state index in [1.54, 1.807) is 36.7 Å². The van der Waals surface area contributed by atoms with Crippen LogP contribution in [0.15, 0.2) is 78.6 Å². The topological polar surface area (TPSA) is 83.0 Å². The van der Waals surface area contributed by atoms with Gasteiger partial charge in [-0.3, -0.25) is 14.6 Å². The average molecular weight is 486 g/mol. The number of rotatable bonds is 9. The van der Waals surface area contributed by atoms with E-state index in [9.17, 15) is 14.7 Å². The van der Waals surface area contributed by atoms with Crippen molar-refractivity contribution in [1.29, 1.82) is 0 Å². The number of aromatic nitrogens is 1. The Morgan fingerprint density at radius 2 is 1.86 bits per heavy atom. The summed E-state index contributed by atoms with van der Waals surface area (Å²) in [4.78, 5) is 34.2. The first kappa shape index (κ1) is 25.0. The Hall–Kier alpha value is -4.13. The first-order valence-corrected chi connectivity index (χ1v) is 12.1. The van der Waals surface area contributed by atoms with Gasteiger partial charge in [-0.25, -0.2) is 0 Å². The molecule has 36 heavy (non-hydrogen) atoms. The van der Waals surface area contributed by atoms with Crippen LogP contribution in [0, 0.1) is 0 Å². The minimum Gasteiger partial charge on any atom is -0.507 e. The van der Waals surface area contributed by atoms with Gasteiger partial charge in [0.2, 0.25) is 0 Å². The maximum Gasteiger partial charge on any atom is 0.295 e. The van der Waals surface area contributed by atoms with Crippen LogP contribution in [0.4, 0.5) is 5.69 Å². The summed E-state index contributed by atoms with van der Waals surface area (Å²) in [7, 11) is 3.89. The van der Waals surface area contributed by atoms with Crippen molar-refractivity contribution in [2.75, 3.05) is 25.6 Å². The van der Waals surface area contributed by atoms with Crippen LogP contribution in [0.25, 0.3) is 5.76 Å². The van der Waals surface area contributed by atoms with E-state index < -0.39 is 17.7 Å². The fraction of sp³-hybridized carbons (Fsp3) is 0.276. The Morgan fingerprint density at radius 3 is 2.53 bits per heavy atom. The van der Waals surface area contributed by atoms with Crippen LogP contribution in [-0.4, -0.2) is 47.4 Å². The molecule has 0 radical (unpaired) electrons. The maximum absolute atomic E-state index is 13.3. The van der Waals surface area contributed by atoms with Crippen molar-refractivity contribution in [1.82, 2.24) is 9.88 Å². The number of aliphatic hydroxyl groups is 1. The molecule has 1 aliphatic heterocycles. The van der Waals surface area contributed by atoms with Gasteiger partial charge in [0.05, 0.1) is 18.2 Å². The van der Waals surface area contributed by atoms with E-state index in [0.717, 1.165) is 29.7 Å². The number of amides is 1. The summed E-state index contributed by atoms with van der Waals surface area (Å²) >= 11 is 0. The molecular weight excluding hydrogens is 454 g/mol. The van der Waals surface area contributed by atoms with Crippen molar-refractivity contribution in [2.45, 2.75) is 32.4 Å². The van der Waals surface area contributed by atoms with Gasteiger partial charge in [-0.1, -0.05) is 43.7 Å². The number of hydrogen-bond donors (Lipinski definition) is 1. The largest absolute Gasteiger partial charge is 0.507 e. The van der Waals surface area contributed by atoms with Crippen molar-refractivity contribution in [3.05, 3.63) is 95.3 Å². The molecule has 4 rings (SSSR count). The van der Waals surface area contributed by atoms with Crippen molar-refractivity contribution >= 4 is 23.1 Å². The molecule has 1 atom stereocenters. The molecule has 1 unspecified atom stereocenters. The molecule has 0 saturated carbocycles. The molecule has 7 nitrogen and oxygen atoms in total. The summed E-state index contributed by atoms with van der Waals surface area (Å²) < 4.78 is 5.79. The number of hydrogen-bond acceptors (Lipinski definition) is 6. The van der Waals surface area contributed by atoms with Gasteiger partial charge >= 0.3 is 0 Å². The van der Waals surface area contributed by atoms with E-state index in [1.165, 1.54) is 4.90 Å². The predicted octanol–water partition coefficient (Wildman–Crippen LogP) is 4.95. The van der Waals surface area contributed by atoms with Crippen LogP contribution in [-0.2, 0) is 16.1 Å². The average Bonchev–Trinajstić information content (AvgIpc) is 3.14. The molecule has 0 aliphatic carbocycles. The molecule has 1 amide bonds. The maximum atomic E-state index is 13.3. The Bertz CT molecular complexity index is 1250. The molecule has 2 heterocycles. The second kappa shape index (κ2) is 11.1. The minimum absolute atomic E-state index is 0.0622. The van der Waals surface area contributed by atoms with Gasteiger partial charge in [-0.05, 0) is 47.9 Å². The van der Waals surface area contributed by atoms with Crippen LogP contribution in [0.3, 0.4) is 0 Å². The summed E-state index contributed by atoms with van der Waals surface area (Å²) in [6, 6.07) is 17.5. The van der Waals surface area contributed by atoms with Gasteiger partial charge in [0.1, 0.15) is 11.5 Å². The lowest BCUT2D eigenvalue weighted by Crippen LogP contribution is -2.29. The molecule has 1 aromatic heterocycles. The molecule has 186 valence electrons. The number of benzene rings is 2. The van der Waals surface area contributed by atoms with Crippen LogP contribution in [0.1, 0.15) is 42.5 Å². The third-order valence-electron chi connectivity index (χ3n) is 6.21. The van der Waals surface area contributed by atoms with E-state index in [1.807, 2.05) is 55.4 Å². The van der Waals surface area contributed by atoms with E-state index >= 15 is 0 Å². The number of likely N-dealkylation sites (tertiary alicyclic amines) is 1. The number of Topliss-reactive ketones (excluding diaryl/α,β-unsaturated/α-hetero) is 1. The molecule has 3 aromatic rings. The van der Waals surface area contributed by atoms with Crippen molar-refractivity contribution in [3.8, 4) is 5.75 Å². The van der Waals surface area contributed by atoms with Crippen molar-refractivity contribution in [2.24, 2.45) is 0 Å². The summed E-state index contributed by atoms with van der Waals surface area (Å²) in [6.07, 6.45) is 5.25. The Kier molecular flexibility index (Phi) is 7.68. The third kappa shape index (κ3) is 5.25. The van der Waals surface area contributed by atoms with Crippen LogP contribution in [0.2, 0.25) is 0 Å². The number of nitrogens with zero attached hydrogens (tertiary/aromatic N) is 3. The lowest BCUT2D eigenvalue weighted by Gasteiger charge is -2.26. The van der Waals surface area contributed by atoms with Crippen LogP contribution >= 0.6 is 0 Å². The first-order chi connectivity index (χ1) is 17.4. The quantitative estimate of drug-likeness (QED) is 0.200. The van der Waals surface area contributed by atoms with Gasteiger partial charge in [-0.2, -0.15) is 0 Å². The summed E-state index contributed by atoms with van der Waals surface area (Å²) in [6.45, 7) is 2.84. The lowest BCUT2D eigenvalue weighted by molar-refractivity contribution is -0.140. The highest BCUT2D eigenvalue weighted by molar-refractivity contribution is 6.46. The number of pyridine rings is 1. The fourth-order valence-electron chi connectivity index (χ4n) is 4.26. The fourth-order valence-corrected chi connectivity index (χ4v) is 4.26. The normalized spacial score (nSPS) is 16.9. The van der Waals surface area contributed by atoms with Crippen LogP contribution < -0.4 is 9.64 Å². The Morgan fingerprint density at radius 1 is 1.08 bits per heavy atom. The Balaban J connectivity index is 1.79. The number of carbonyl (C=O) groups excluding carboxylic acids is 2. The van der Waals surface area contributed by atoms with Gasteiger partial charge < -0.3 is 19.6 Å². The SMILES string of the molecule is CCCCOc1cccc(C(O)=C2C(=O)C(=O)N(Cc3cccnc3)C2c2ccc(N(C)C)cc2)c1. The second-order valence-electron chi connectivity index (χ2n) is 9.00. The third-order valence-corrected chi connectivity index (χ3v) is 6.21. The second-order valence-corrected chi connectivity index (χ2v) is 9.00. The van der Waals surface area contributed by atoms with Gasteiger partial charge in [0.25, 0.3) is 11.7 Å². The highest BCUT2D eigenvalue weighted by Gasteiger charge is 2.46. The number of aliphatic hydroxyl groups excluding tert-OH is 1. The van der Waals surface area contributed by atoms with E-state index in [4.69, 9.17) is 4.74 Å². The molecule has 0 spiro atoms. The highest BCUT2D eigenvalue weighted by atomic mass is 16.5. The van der Waals surface area contributed by atoms with Crippen molar-refractivity contribution < 1.29 is 19.4 Å².